The van der Waals surface area contributed by atoms with Gasteiger partial charge in [0.2, 0.25) is 0 Å². The lowest BCUT2D eigenvalue weighted by molar-refractivity contribution is 0.488. The lowest BCUT2D eigenvalue weighted by Crippen LogP contribution is -2.16. The van der Waals surface area contributed by atoms with Crippen molar-refractivity contribution in [3.8, 4) is 11.3 Å². The van der Waals surface area contributed by atoms with Crippen molar-refractivity contribution in [3.63, 3.8) is 0 Å². The molecule has 0 aliphatic carbocycles. The molecule has 0 spiro atoms. The molecule has 5 heteroatoms. The van der Waals surface area contributed by atoms with Crippen LogP contribution in [0.25, 0.3) is 11.3 Å². The smallest absolute Gasteiger partial charge is 0.194 e. The summed E-state index contributed by atoms with van der Waals surface area (Å²) in [5, 5.41) is 3.32. The molecule has 20 heavy (non-hydrogen) atoms. The van der Waals surface area contributed by atoms with Gasteiger partial charge in [0.05, 0.1) is 11.8 Å². The number of aryl methyl sites for hydroxylation is 1. The first-order valence-corrected chi connectivity index (χ1v) is 7.61. The summed E-state index contributed by atoms with van der Waals surface area (Å²) >= 11 is 3.24. The summed E-state index contributed by atoms with van der Waals surface area (Å²) in [7, 11) is 0. The van der Waals surface area contributed by atoms with E-state index >= 15 is 0 Å². The number of aromatic nitrogens is 1. The van der Waals surface area contributed by atoms with Gasteiger partial charge >= 0.3 is 0 Å². The Morgan fingerprint density at radius 1 is 1.35 bits per heavy atom. The zero-order chi connectivity index (χ0) is 14.4. The number of oxazole rings is 1. The SMILES string of the molecule is CCCNCCCc1ncc(-c2ccc(Br)cc2F)o1. The maximum atomic E-state index is 13.8. The highest BCUT2D eigenvalue weighted by Crippen LogP contribution is 2.26. The van der Waals surface area contributed by atoms with Crippen LogP contribution in [0, 0.1) is 5.82 Å². The van der Waals surface area contributed by atoms with Crippen molar-refractivity contribution in [2.45, 2.75) is 26.2 Å². The predicted molar refractivity (Wildman–Crippen MR) is 81.1 cm³/mol. The van der Waals surface area contributed by atoms with Crippen molar-refractivity contribution in [2.75, 3.05) is 13.1 Å². The van der Waals surface area contributed by atoms with Gasteiger partial charge in [-0.25, -0.2) is 9.37 Å². The van der Waals surface area contributed by atoms with E-state index < -0.39 is 0 Å². The fourth-order valence-corrected chi connectivity index (χ4v) is 2.24. The molecule has 0 amide bonds. The summed E-state index contributed by atoms with van der Waals surface area (Å²) < 4.78 is 20.1. The molecule has 2 rings (SSSR count). The quantitative estimate of drug-likeness (QED) is 0.768. The van der Waals surface area contributed by atoms with Crippen LogP contribution in [0.1, 0.15) is 25.7 Å². The van der Waals surface area contributed by atoms with E-state index in [1.165, 1.54) is 6.07 Å². The van der Waals surface area contributed by atoms with E-state index in [2.05, 4.69) is 33.2 Å². The highest BCUT2D eigenvalue weighted by atomic mass is 79.9. The Kier molecular flexibility index (Phi) is 5.73. The second-order valence-electron chi connectivity index (χ2n) is 4.60. The Balaban J connectivity index is 1.95. The van der Waals surface area contributed by atoms with Crippen LogP contribution in [0.4, 0.5) is 4.39 Å². The Bertz CT molecular complexity index is 557. The molecule has 0 saturated carbocycles. The number of rotatable bonds is 7. The first-order valence-electron chi connectivity index (χ1n) is 6.81. The van der Waals surface area contributed by atoms with E-state index in [1.807, 2.05) is 0 Å². The molecule has 1 aromatic carbocycles. The van der Waals surface area contributed by atoms with Gasteiger partial charge in [-0.15, -0.1) is 0 Å². The standard InChI is InChI=1S/C15H18BrFN2O/c1-2-7-18-8-3-4-15-19-10-14(20-15)12-6-5-11(16)9-13(12)17/h5-6,9-10,18H,2-4,7-8H2,1H3. The van der Waals surface area contributed by atoms with E-state index in [9.17, 15) is 4.39 Å². The molecule has 0 fully saturated rings. The monoisotopic (exact) mass is 340 g/mol. The Hall–Kier alpha value is -1.20. The number of hydrogen-bond donors (Lipinski definition) is 1. The van der Waals surface area contributed by atoms with Crippen molar-refractivity contribution in [1.29, 1.82) is 0 Å². The van der Waals surface area contributed by atoms with Crippen LogP contribution in [0.5, 0.6) is 0 Å². The zero-order valence-corrected chi connectivity index (χ0v) is 13.0. The molecule has 0 unspecified atom stereocenters. The molecule has 1 N–H and O–H groups in total. The van der Waals surface area contributed by atoms with Gasteiger partial charge in [0, 0.05) is 10.9 Å². The van der Waals surface area contributed by atoms with Gasteiger partial charge in [0.25, 0.3) is 0 Å². The van der Waals surface area contributed by atoms with Crippen molar-refractivity contribution in [3.05, 3.63) is 40.6 Å². The average molecular weight is 341 g/mol. The van der Waals surface area contributed by atoms with E-state index in [-0.39, 0.29) is 5.82 Å². The van der Waals surface area contributed by atoms with Crippen LogP contribution in [0.15, 0.2) is 33.3 Å². The molecule has 3 nitrogen and oxygen atoms in total. The third-order valence-corrected chi connectivity index (χ3v) is 3.41. The van der Waals surface area contributed by atoms with Crippen molar-refractivity contribution < 1.29 is 8.81 Å². The first-order chi connectivity index (χ1) is 9.70. The molecular weight excluding hydrogens is 323 g/mol. The van der Waals surface area contributed by atoms with Gasteiger partial charge in [-0.3, -0.25) is 0 Å². The normalized spacial score (nSPS) is 10.9. The molecule has 1 heterocycles. The van der Waals surface area contributed by atoms with Gasteiger partial charge < -0.3 is 9.73 Å². The van der Waals surface area contributed by atoms with Crippen LogP contribution in [-0.2, 0) is 6.42 Å². The maximum Gasteiger partial charge on any atom is 0.194 e. The second kappa shape index (κ2) is 7.55. The summed E-state index contributed by atoms with van der Waals surface area (Å²) in [4.78, 5) is 4.20. The molecule has 2 aromatic rings. The highest BCUT2D eigenvalue weighted by Gasteiger charge is 2.11. The van der Waals surface area contributed by atoms with Crippen LogP contribution in [0.2, 0.25) is 0 Å². The highest BCUT2D eigenvalue weighted by molar-refractivity contribution is 9.10. The van der Waals surface area contributed by atoms with E-state index in [4.69, 9.17) is 4.42 Å². The van der Waals surface area contributed by atoms with E-state index in [1.54, 1.807) is 18.3 Å². The summed E-state index contributed by atoms with van der Waals surface area (Å²) in [6, 6.07) is 4.90. The summed E-state index contributed by atoms with van der Waals surface area (Å²) in [6.45, 7) is 4.11. The van der Waals surface area contributed by atoms with E-state index in [0.717, 1.165) is 32.4 Å². The lowest BCUT2D eigenvalue weighted by atomic mass is 10.2. The lowest BCUT2D eigenvalue weighted by Gasteiger charge is -2.01. The summed E-state index contributed by atoms with van der Waals surface area (Å²) in [6.07, 6.45) is 4.44. The third kappa shape index (κ3) is 4.15. The number of hydrogen-bond acceptors (Lipinski definition) is 3. The fourth-order valence-electron chi connectivity index (χ4n) is 1.91. The minimum atomic E-state index is -0.313. The average Bonchev–Trinajstić information content (AvgIpc) is 2.87. The number of halogens is 2. The molecule has 108 valence electrons. The fraction of sp³-hybridized carbons (Fsp3) is 0.400. The molecule has 1 aromatic heterocycles. The van der Waals surface area contributed by atoms with Crippen LogP contribution in [-0.4, -0.2) is 18.1 Å². The predicted octanol–water partition coefficient (Wildman–Crippen LogP) is 4.18. The van der Waals surface area contributed by atoms with Gasteiger partial charge in [-0.2, -0.15) is 0 Å². The molecule has 0 bridgehead atoms. The zero-order valence-electron chi connectivity index (χ0n) is 11.5. The summed E-state index contributed by atoms with van der Waals surface area (Å²) in [5.74, 6) is 0.818. The number of nitrogens with zero attached hydrogens (tertiary/aromatic N) is 1. The van der Waals surface area contributed by atoms with Crippen molar-refractivity contribution >= 4 is 15.9 Å². The molecule has 0 saturated heterocycles. The molecule has 0 radical (unpaired) electrons. The number of benzene rings is 1. The van der Waals surface area contributed by atoms with Crippen LogP contribution < -0.4 is 5.32 Å². The van der Waals surface area contributed by atoms with Gasteiger partial charge in [0.1, 0.15) is 5.82 Å². The van der Waals surface area contributed by atoms with Crippen molar-refractivity contribution in [1.82, 2.24) is 10.3 Å². The molecule has 0 aliphatic heterocycles. The number of nitrogens with one attached hydrogen (secondary N) is 1. The van der Waals surface area contributed by atoms with Gasteiger partial charge in [-0.1, -0.05) is 22.9 Å². The third-order valence-electron chi connectivity index (χ3n) is 2.92. The molecule has 0 aliphatic rings. The van der Waals surface area contributed by atoms with Crippen molar-refractivity contribution in [2.24, 2.45) is 0 Å². The topological polar surface area (TPSA) is 38.1 Å². The second-order valence-corrected chi connectivity index (χ2v) is 5.51. The Morgan fingerprint density at radius 3 is 2.95 bits per heavy atom. The maximum absolute atomic E-state index is 13.8. The summed E-state index contributed by atoms with van der Waals surface area (Å²) in [5.41, 5.74) is 0.441. The minimum Gasteiger partial charge on any atom is -0.441 e. The van der Waals surface area contributed by atoms with Crippen LogP contribution >= 0.6 is 15.9 Å². The van der Waals surface area contributed by atoms with Crippen LogP contribution in [0.3, 0.4) is 0 Å². The largest absolute Gasteiger partial charge is 0.441 e. The minimum absolute atomic E-state index is 0.313. The Labute approximate surface area is 126 Å². The van der Waals surface area contributed by atoms with Gasteiger partial charge in [-0.05, 0) is 44.1 Å². The first kappa shape index (κ1) is 15.2. The van der Waals surface area contributed by atoms with E-state index in [0.29, 0.717) is 21.7 Å². The molecule has 0 atom stereocenters. The van der Waals surface area contributed by atoms with Gasteiger partial charge in [0.15, 0.2) is 11.7 Å². The Morgan fingerprint density at radius 2 is 2.20 bits per heavy atom. The molecular formula is C15H18BrFN2O.